The zero-order valence-electron chi connectivity index (χ0n) is 17.4. The van der Waals surface area contributed by atoms with Crippen molar-refractivity contribution in [1.29, 1.82) is 0 Å². The normalized spacial score (nSPS) is 45.3. The molecule has 0 amide bonds. The third-order valence-electron chi connectivity index (χ3n) is 8.38. The Morgan fingerprint density at radius 1 is 1.19 bits per heavy atom. The molecule has 0 aromatic heterocycles. The summed E-state index contributed by atoms with van der Waals surface area (Å²) in [5, 5.41) is 10.2. The molecule has 0 spiro atoms. The topological polar surface area (TPSA) is 46.5 Å². The minimum Gasteiger partial charge on any atom is -0.393 e. The van der Waals surface area contributed by atoms with Crippen molar-refractivity contribution in [1.82, 2.24) is 0 Å². The first kappa shape index (κ1) is 20.3. The quantitative estimate of drug-likeness (QED) is 0.533. The van der Waals surface area contributed by atoms with E-state index in [1.54, 1.807) is 0 Å². The molecule has 0 radical (unpaired) electrons. The highest BCUT2D eigenvalue weighted by molar-refractivity contribution is 5.48. The summed E-state index contributed by atoms with van der Waals surface area (Å²) >= 11 is 0. The van der Waals surface area contributed by atoms with E-state index in [4.69, 9.17) is 4.74 Å². The first-order valence-corrected chi connectivity index (χ1v) is 11.0. The number of aliphatic hydroxyl groups is 1. The second-order valence-corrected chi connectivity index (χ2v) is 10.6. The third-order valence-corrected chi connectivity index (χ3v) is 8.38. The highest BCUT2D eigenvalue weighted by Gasteiger charge is 2.51. The highest BCUT2D eigenvalue weighted by Crippen LogP contribution is 2.54. The molecule has 3 heteroatoms. The lowest BCUT2D eigenvalue weighted by molar-refractivity contribution is -0.108. The summed E-state index contributed by atoms with van der Waals surface area (Å²) in [5.41, 5.74) is 0.623. The first-order valence-electron chi connectivity index (χ1n) is 11.0. The number of ether oxygens (including phenoxy) is 1. The van der Waals surface area contributed by atoms with Crippen LogP contribution in [0.4, 0.5) is 0 Å². The molecule has 3 rings (SSSR count). The molecule has 0 aromatic rings. The molecule has 0 bridgehead atoms. The van der Waals surface area contributed by atoms with Gasteiger partial charge >= 0.3 is 0 Å². The SMILES string of the molecule is CC1CCC(C)(C)C(CCCC=O)C1CC1OCC2(C)CCC(O)CC12. The smallest absolute Gasteiger partial charge is 0.119 e. The van der Waals surface area contributed by atoms with Gasteiger partial charge < -0.3 is 14.6 Å². The van der Waals surface area contributed by atoms with Gasteiger partial charge in [0.15, 0.2) is 0 Å². The Hall–Kier alpha value is -0.410. The maximum absolute atomic E-state index is 10.8. The van der Waals surface area contributed by atoms with Crippen LogP contribution in [-0.4, -0.2) is 30.2 Å². The molecule has 1 heterocycles. The van der Waals surface area contributed by atoms with Gasteiger partial charge in [0.05, 0.1) is 18.8 Å². The number of unbranched alkanes of at least 4 members (excludes halogenated alkanes) is 1. The van der Waals surface area contributed by atoms with Crippen molar-refractivity contribution in [2.24, 2.45) is 34.5 Å². The first-order chi connectivity index (χ1) is 12.3. The maximum atomic E-state index is 10.8. The van der Waals surface area contributed by atoms with Crippen molar-refractivity contribution in [3.63, 3.8) is 0 Å². The number of aldehydes is 1. The summed E-state index contributed by atoms with van der Waals surface area (Å²) in [4.78, 5) is 10.8. The van der Waals surface area contributed by atoms with E-state index in [9.17, 15) is 9.90 Å². The monoisotopic (exact) mass is 364 g/mol. The summed E-state index contributed by atoms with van der Waals surface area (Å²) in [6, 6.07) is 0. The number of hydrogen-bond donors (Lipinski definition) is 1. The van der Waals surface area contributed by atoms with Gasteiger partial charge in [-0.05, 0) is 85.9 Å². The lowest BCUT2D eigenvalue weighted by Crippen LogP contribution is -2.43. The van der Waals surface area contributed by atoms with E-state index < -0.39 is 0 Å². The van der Waals surface area contributed by atoms with Gasteiger partial charge in [0.1, 0.15) is 6.29 Å². The van der Waals surface area contributed by atoms with Gasteiger partial charge in [0.2, 0.25) is 0 Å². The summed E-state index contributed by atoms with van der Waals surface area (Å²) in [7, 11) is 0. The number of rotatable bonds is 6. The second-order valence-electron chi connectivity index (χ2n) is 10.6. The molecule has 26 heavy (non-hydrogen) atoms. The largest absolute Gasteiger partial charge is 0.393 e. The van der Waals surface area contributed by atoms with Crippen molar-refractivity contribution < 1.29 is 14.6 Å². The molecule has 7 atom stereocenters. The Labute approximate surface area is 160 Å². The van der Waals surface area contributed by atoms with Gasteiger partial charge in [-0.25, -0.2) is 0 Å². The van der Waals surface area contributed by atoms with Crippen LogP contribution in [0.1, 0.15) is 85.5 Å². The Kier molecular flexibility index (Phi) is 6.19. The lowest BCUT2D eigenvalue weighted by Gasteiger charge is -2.49. The number of fused-ring (bicyclic) bond motifs is 1. The average molecular weight is 365 g/mol. The van der Waals surface area contributed by atoms with Crippen molar-refractivity contribution >= 4 is 6.29 Å². The minimum absolute atomic E-state index is 0.138. The fourth-order valence-electron chi connectivity index (χ4n) is 6.47. The van der Waals surface area contributed by atoms with Gasteiger partial charge in [-0.1, -0.05) is 27.7 Å². The molecule has 7 unspecified atom stereocenters. The van der Waals surface area contributed by atoms with Gasteiger partial charge in [-0.3, -0.25) is 0 Å². The number of hydrogen-bond acceptors (Lipinski definition) is 3. The van der Waals surface area contributed by atoms with Crippen LogP contribution in [0.25, 0.3) is 0 Å². The van der Waals surface area contributed by atoms with Crippen LogP contribution in [0.15, 0.2) is 0 Å². The van der Waals surface area contributed by atoms with Crippen molar-refractivity contribution in [3.05, 3.63) is 0 Å². The molecular weight excluding hydrogens is 324 g/mol. The third kappa shape index (κ3) is 4.04. The van der Waals surface area contributed by atoms with E-state index in [1.807, 2.05) is 0 Å². The van der Waals surface area contributed by atoms with Gasteiger partial charge in [0, 0.05) is 6.42 Å². The molecule has 1 N–H and O–H groups in total. The standard InChI is InChI=1S/C23H40O3/c1-16-8-10-22(2,3)19(7-5-6-12-24)18(16)14-21-20-13-17(25)9-11-23(20,4)15-26-21/h12,16-21,25H,5-11,13-15H2,1-4H3. The molecule has 1 aliphatic heterocycles. The Bertz CT molecular complexity index is 488. The maximum Gasteiger partial charge on any atom is 0.119 e. The zero-order valence-corrected chi connectivity index (χ0v) is 17.4. The van der Waals surface area contributed by atoms with Crippen LogP contribution < -0.4 is 0 Å². The van der Waals surface area contributed by atoms with Gasteiger partial charge in [0.25, 0.3) is 0 Å². The molecule has 2 saturated carbocycles. The van der Waals surface area contributed by atoms with Crippen LogP contribution in [0, 0.1) is 34.5 Å². The minimum atomic E-state index is -0.138. The average Bonchev–Trinajstić information content (AvgIpc) is 2.90. The molecule has 1 saturated heterocycles. The zero-order chi connectivity index (χ0) is 18.9. The van der Waals surface area contributed by atoms with Crippen LogP contribution in [0.5, 0.6) is 0 Å². The van der Waals surface area contributed by atoms with E-state index in [1.165, 1.54) is 12.8 Å². The van der Waals surface area contributed by atoms with Crippen molar-refractivity contribution in [3.8, 4) is 0 Å². The molecule has 150 valence electrons. The number of carbonyl (C=O) groups excluding carboxylic acids is 1. The van der Waals surface area contributed by atoms with E-state index in [0.717, 1.165) is 57.3 Å². The fraction of sp³-hybridized carbons (Fsp3) is 0.957. The Morgan fingerprint density at radius 2 is 1.96 bits per heavy atom. The Morgan fingerprint density at radius 3 is 2.69 bits per heavy atom. The molecule has 3 nitrogen and oxygen atoms in total. The molecule has 3 fully saturated rings. The van der Waals surface area contributed by atoms with Crippen LogP contribution in [-0.2, 0) is 9.53 Å². The van der Waals surface area contributed by atoms with E-state index in [0.29, 0.717) is 35.7 Å². The predicted molar refractivity (Wildman–Crippen MR) is 105 cm³/mol. The van der Waals surface area contributed by atoms with E-state index in [-0.39, 0.29) is 11.5 Å². The molecular formula is C23H40O3. The van der Waals surface area contributed by atoms with E-state index >= 15 is 0 Å². The van der Waals surface area contributed by atoms with Crippen molar-refractivity contribution in [2.45, 2.75) is 97.7 Å². The number of carbonyl (C=O) groups is 1. The van der Waals surface area contributed by atoms with Crippen LogP contribution >= 0.6 is 0 Å². The second kappa shape index (κ2) is 7.91. The molecule has 3 aliphatic rings. The lowest BCUT2D eigenvalue weighted by atomic mass is 9.56. The summed E-state index contributed by atoms with van der Waals surface area (Å²) in [6.45, 7) is 10.5. The predicted octanol–water partition coefficient (Wildman–Crippen LogP) is 5.00. The molecule has 0 aromatic carbocycles. The van der Waals surface area contributed by atoms with E-state index in [2.05, 4.69) is 27.7 Å². The fourth-order valence-corrected chi connectivity index (χ4v) is 6.47. The van der Waals surface area contributed by atoms with Gasteiger partial charge in [-0.15, -0.1) is 0 Å². The summed E-state index contributed by atoms with van der Waals surface area (Å²) in [5.74, 6) is 2.60. The number of aliphatic hydroxyl groups excluding tert-OH is 1. The summed E-state index contributed by atoms with van der Waals surface area (Å²) < 4.78 is 6.38. The summed E-state index contributed by atoms with van der Waals surface area (Å²) in [6.07, 6.45) is 10.8. The van der Waals surface area contributed by atoms with Crippen LogP contribution in [0.3, 0.4) is 0 Å². The molecule has 2 aliphatic carbocycles. The highest BCUT2D eigenvalue weighted by atomic mass is 16.5. The Balaban J connectivity index is 1.73. The van der Waals surface area contributed by atoms with Crippen LogP contribution in [0.2, 0.25) is 0 Å². The van der Waals surface area contributed by atoms with Crippen molar-refractivity contribution in [2.75, 3.05) is 6.61 Å². The van der Waals surface area contributed by atoms with Gasteiger partial charge in [-0.2, -0.15) is 0 Å².